The molecule has 1 aromatic rings. The largest absolute Gasteiger partial charge is 0.354 e. The van der Waals surface area contributed by atoms with Crippen LogP contribution in [0.4, 0.5) is 0 Å². The number of nitrogens with one attached hydrogen (secondary N) is 2. The molecule has 1 aromatic carbocycles. The Morgan fingerprint density at radius 3 is 2.63 bits per heavy atom. The first kappa shape index (κ1) is 14.1. The van der Waals surface area contributed by atoms with Crippen molar-refractivity contribution < 1.29 is 9.59 Å². The number of hydrogen-bond acceptors (Lipinski definition) is 2. The van der Waals surface area contributed by atoms with E-state index >= 15 is 0 Å². The number of rotatable bonds is 5. The number of halogens is 1. The molecule has 1 saturated carbocycles. The SMILES string of the molecule is C[C@@H]1C[C@H]1C(=O)NCCNC(=O)c1cccc(Br)c1. The Labute approximate surface area is 121 Å². The van der Waals surface area contributed by atoms with Crippen LogP contribution in [-0.4, -0.2) is 24.9 Å². The second-order valence-corrected chi connectivity index (χ2v) is 5.79. The van der Waals surface area contributed by atoms with Crippen LogP contribution in [0.5, 0.6) is 0 Å². The lowest BCUT2D eigenvalue weighted by atomic mass is 10.2. The van der Waals surface area contributed by atoms with Crippen LogP contribution >= 0.6 is 15.9 Å². The van der Waals surface area contributed by atoms with Gasteiger partial charge in [0.15, 0.2) is 0 Å². The normalized spacial score (nSPS) is 20.7. The molecule has 1 aliphatic rings. The molecule has 0 heterocycles. The predicted molar refractivity (Wildman–Crippen MR) is 76.8 cm³/mol. The number of hydrogen-bond donors (Lipinski definition) is 2. The van der Waals surface area contributed by atoms with E-state index in [2.05, 4.69) is 33.5 Å². The predicted octanol–water partition coefficient (Wildman–Crippen LogP) is 1.95. The highest BCUT2D eigenvalue weighted by Crippen LogP contribution is 2.37. The zero-order valence-electron chi connectivity index (χ0n) is 10.8. The molecule has 0 spiro atoms. The standard InChI is InChI=1S/C14H17BrN2O2/c1-9-7-12(9)14(19)17-6-5-16-13(18)10-3-2-4-11(15)8-10/h2-4,8-9,12H,5-7H2,1H3,(H,16,18)(H,17,19)/t9-,12-/m1/s1. The van der Waals surface area contributed by atoms with Crippen molar-refractivity contribution >= 4 is 27.7 Å². The smallest absolute Gasteiger partial charge is 0.251 e. The number of carbonyl (C=O) groups excluding carboxylic acids is 2. The molecule has 1 fully saturated rings. The quantitative estimate of drug-likeness (QED) is 0.813. The molecule has 4 nitrogen and oxygen atoms in total. The van der Waals surface area contributed by atoms with Crippen molar-refractivity contribution in [1.29, 1.82) is 0 Å². The topological polar surface area (TPSA) is 58.2 Å². The van der Waals surface area contributed by atoms with Gasteiger partial charge in [0.2, 0.25) is 5.91 Å². The van der Waals surface area contributed by atoms with Gasteiger partial charge in [0, 0.05) is 29.0 Å². The molecule has 2 amide bonds. The first-order valence-corrected chi connectivity index (χ1v) is 7.18. The Bertz CT molecular complexity index is 490. The van der Waals surface area contributed by atoms with Crippen LogP contribution in [0.1, 0.15) is 23.7 Å². The van der Waals surface area contributed by atoms with Gasteiger partial charge in [0.1, 0.15) is 0 Å². The Morgan fingerprint density at radius 2 is 2.00 bits per heavy atom. The van der Waals surface area contributed by atoms with E-state index in [1.165, 1.54) is 0 Å². The third-order valence-corrected chi connectivity index (χ3v) is 3.74. The van der Waals surface area contributed by atoms with Crippen molar-refractivity contribution in [2.75, 3.05) is 13.1 Å². The summed E-state index contributed by atoms with van der Waals surface area (Å²) in [6.45, 7) is 2.99. The van der Waals surface area contributed by atoms with Crippen molar-refractivity contribution in [3.8, 4) is 0 Å². The van der Waals surface area contributed by atoms with E-state index in [1.54, 1.807) is 12.1 Å². The van der Waals surface area contributed by atoms with Gasteiger partial charge >= 0.3 is 0 Å². The fourth-order valence-corrected chi connectivity index (χ4v) is 2.31. The molecule has 0 aliphatic heterocycles. The molecule has 1 aliphatic carbocycles. The molecule has 0 bridgehead atoms. The van der Waals surface area contributed by atoms with Crippen molar-refractivity contribution in [2.24, 2.45) is 11.8 Å². The van der Waals surface area contributed by atoms with E-state index in [0.717, 1.165) is 10.9 Å². The molecule has 2 atom stereocenters. The van der Waals surface area contributed by atoms with Gasteiger partial charge in [0.05, 0.1) is 0 Å². The summed E-state index contributed by atoms with van der Waals surface area (Å²) in [6, 6.07) is 7.20. The first-order chi connectivity index (χ1) is 9.08. The summed E-state index contributed by atoms with van der Waals surface area (Å²) >= 11 is 3.32. The van der Waals surface area contributed by atoms with Gasteiger partial charge in [-0.1, -0.05) is 28.9 Å². The second kappa shape index (κ2) is 6.19. The van der Waals surface area contributed by atoms with Crippen LogP contribution in [0, 0.1) is 11.8 Å². The second-order valence-electron chi connectivity index (χ2n) is 4.88. The molecule has 0 aromatic heterocycles. The maximum Gasteiger partial charge on any atom is 0.251 e. The van der Waals surface area contributed by atoms with Crippen LogP contribution in [-0.2, 0) is 4.79 Å². The molecule has 0 saturated heterocycles. The Balaban J connectivity index is 1.68. The van der Waals surface area contributed by atoms with Gasteiger partial charge in [-0.15, -0.1) is 0 Å². The van der Waals surface area contributed by atoms with Crippen molar-refractivity contribution in [2.45, 2.75) is 13.3 Å². The maximum absolute atomic E-state index is 11.8. The lowest BCUT2D eigenvalue weighted by Crippen LogP contribution is -2.35. The molecule has 102 valence electrons. The monoisotopic (exact) mass is 324 g/mol. The minimum Gasteiger partial charge on any atom is -0.354 e. The maximum atomic E-state index is 11.8. The lowest BCUT2D eigenvalue weighted by molar-refractivity contribution is -0.122. The zero-order chi connectivity index (χ0) is 13.8. The summed E-state index contributed by atoms with van der Waals surface area (Å²) in [5.41, 5.74) is 0.608. The minimum atomic E-state index is -0.129. The molecular weight excluding hydrogens is 308 g/mol. The highest BCUT2D eigenvalue weighted by molar-refractivity contribution is 9.10. The average Bonchev–Trinajstić information content (AvgIpc) is 3.11. The van der Waals surface area contributed by atoms with Gasteiger partial charge in [-0.3, -0.25) is 9.59 Å². The molecule has 2 N–H and O–H groups in total. The van der Waals surface area contributed by atoms with Gasteiger partial charge in [-0.2, -0.15) is 0 Å². The van der Waals surface area contributed by atoms with Crippen LogP contribution < -0.4 is 10.6 Å². The molecule has 0 unspecified atom stereocenters. The Morgan fingerprint density at radius 1 is 1.32 bits per heavy atom. The van der Waals surface area contributed by atoms with E-state index < -0.39 is 0 Å². The molecule has 2 rings (SSSR count). The third-order valence-electron chi connectivity index (χ3n) is 3.24. The van der Waals surface area contributed by atoms with E-state index in [1.807, 2.05) is 12.1 Å². The number of carbonyl (C=O) groups is 2. The highest BCUT2D eigenvalue weighted by Gasteiger charge is 2.38. The van der Waals surface area contributed by atoms with Crippen LogP contribution in [0.3, 0.4) is 0 Å². The summed E-state index contributed by atoms with van der Waals surface area (Å²) < 4.78 is 0.871. The van der Waals surface area contributed by atoms with Crippen LogP contribution in [0.2, 0.25) is 0 Å². The van der Waals surface area contributed by atoms with E-state index in [9.17, 15) is 9.59 Å². The van der Waals surface area contributed by atoms with Gasteiger partial charge in [-0.05, 0) is 30.5 Å². The highest BCUT2D eigenvalue weighted by atomic mass is 79.9. The minimum absolute atomic E-state index is 0.101. The van der Waals surface area contributed by atoms with Crippen molar-refractivity contribution in [1.82, 2.24) is 10.6 Å². The molecule has 19 heavy (non-hydrogen) atoms. The summed E-state index contributed by atoms with van der Waals surface area (Å²) in [4.78, 5) is 23.3. The fourth-order valence-electron chi connectivity index (χ4n) is 1.91. The van der Waals surface area contributed by atoms with E-state index in [0.29, 0.717) is 24.6 Å². The average molecular weight is 325 g/mol. The Kier molecular flexibility index (Phi) is 4.58. The van der Waals surface area contributed by atoms with Crippen LogP contribution in [0.25, 0.3) is 0 Å². The number of amides is 2. The lowest BCUT2D eigenvalue weighted by Gasteiger charge is -2.07. The van der Waals surface area contributed by atoms with E-state index in [4.69, 9.17) is 0 Å². The first-order valence-electron chi connectivity index (χ1n) is 6.39. The van der Waals surface area contributed by atoms with E-state index in [-0.39, 0.29) is 17.7 Å². The van der Waals surface area contributed by atoms with Crippen molar-refractivity contribution in [3.05, 3.63) is 34.3 Å². The zero-order valence-corrected chi connectivity index (χ0v) is 12.4. The van der Waals surface area contributed by atoms with Gasteiger partial charge in [0.25, 0.3) is 5.91 Å². The molecule has 5 heteroatoms. The summed E-state index contributed by atoms with van der Waals surface area (Å²) in [6.07, 6.45) is 0.982. The van der Waals surface area contributed by atoms with Gasteiger partial charge in [-0.25, -0.2) is 0 Å². The van der Waals surface area contributed by atoms with Crippen LogP contribution in [0.15, 0.2) is 28.7 Å². The molecular formula is C14H17BrN2O2. The van der Waals surface area contributed by atoms with Gasteiger partial charge < -0.3 is 10.6 Å². The summed E-state index contributed by atoms with van der Waals surface area (Å²) in [7, 11) is 0. The summed E-state index contributed by atoms with van der Waals surface area (Å²) in [5.74, 6) is 0.664. The third kappa shape index (κ3) is 4.06. The summed E-state index contributed by atoms with van der Waals surface area (Å²) in [5, 5.41) is 5.61. The molecule has 0 radical (unpaired) electrons. The fraction of sp³-hybridized carbons (Fsp3) is 0.429. The number of benzene rings is 1. The Hall–Kier alpha value is -1.36. The van der Waals surface area contributed by atoms with Crippen molar-refractivity contribution in [3.63, 3.8) is 0 Å².